The number of nitrogens with one attached hydrogen (secondary N) is 1. The first-order valence-corrected chi connectivity index (χ1v) is 9.30. The summed E-state index contributed by atoms with van der Waals surface area (Å²) in [4.78, 5) is 14.2. The molecule has 3 aromatic rings. The van der Waals surface area contributed by atoms with Gasteiger partial charge in [-0.2, -0.15) is 0 Å². The van der Waals surface area contributed by atoms with Crippen LogP contribution in [-0.4, -0.2) is 18.3 Å². The lowest BCUT2D eigenvalue weighted by molar-refractivity contribution is -0.385. The van der Waals surface area contributed by atoms with Crippen LogP contribution in [0.25, 0.3) is 0 Å². The Hall–Kier alpha value is -3.46. The van der Waals surface area contributed by atoms with Gasteiger partial charge >= 0.3 is 0 Å². The molecule has 138 valence electrons. The molecule has 0 fully saturated rings. The van der Waals surface area contributed by atoms with E-state index in [0.717, 1.165) is 6.07 Å². The number of pyridine rings is 1. The number of nitro groups is 1. The summed E-state index contributed by atoms with van der Waals surface area (Å²) in [6, 6.07) is 15.7. The highest BCUT2D eigenvalue weighted by Gasteiger charge is 2.20. The average Bonchev–Trinajstić information content (AvgIpc) is 2.63. The van der Waals surface area contributed by atoms with Crippen molar-refractivity contribution in [1.82, 2.24) is 4.98 Å². The number of ether oxygens (including phenoxy) is 1. The molecule has 1 N–H and O–H groups in total. The molecule has 2 aromatic carbocycles. The van der Waals surface area contributed by atoms with Crippen molar-refractivity contribution in [2.45, 2.75) is 11.8 Å². The number of para-hydroxylation sites is 1. The zero-order chi connectivity index (χ0) is 19.4. The first-order chi connectivity index (χ1) is 12.8. The molecular formula is C18H15N3O5S. The minimum absolute atomic E-state index is 0.0560. The highest BCUT2D eigenvalue weighted by atomic mass is 32.2. The first-order valence-electron chi connectivity index (χ1n) is 7.82. The van der Waals surface area contributed by atoms with Gasteiger partial charge in [0.05, 0.1) is 16.0 Å². The Kier molecular flexibility index (Phi) is 5.04. The lowest BCUT2D eigenvalue weighted by Crippen LogP contribution is -2.15. The monoisotopic (exact) mass is 385 g/mol. The molecule has 0 unspecified atom stereocenters. The molecular weight excluding hydrogens is 370 g/mol. The van der Waals surface area contributed by atoms with E-state index in [0.29, 0.717) is 11.5 Å². The van der Waals surface area contributed by atoms with Gasteiger partial charge in [-0.25, -0.2) is 13.4 Å². The van der Waals surface area contributed by atoms with Gasteiger partial charge in [0.1, 0.15) is 17.3 Å². The Morgan fingerprint density at radius 3 is 2.37 bits per heavy atom. The summed E-state index contributed by atoms with van der Waals surface area (Å²) in [7, 11) is -3.93. The number of nitrogens with zero attached hydrogens (tertiary/aromatic N) is 2. The third kappa shape index (κ3) is 4.39. The molecule has 3 rings (SSSR count). The number of benzene rings is 2. The molecule has 0 aliphatic carbocycles. The Labute approximate surface area is 155 Å². The Morgan fingerprint density at radius 2 is 1.78 bits per heavy atom. The topological polar surface area (TPSA) is 111 Å². The van der Waals surface area contributed by atoms with E-state index in [1.165, 1.54) is 31.3 Å². The summed E-state index contributed by atoms with van der Waals surface area (Å²) >= 11 is 0. The van der Waals surface area contributed by atoms with Crippen molar-refractivity contribution in [3.63, 3.8) is 0 Å². The molecule has 9 heteroatoms. The van der Waals surface area contributed by atoms with E-state index in [-0.39, 0.29) is 22.0 Å². The second-order valence-corrected chi connectivity index (χ2v) is 7.26. The van der Waals surface area contributed by atoms with Crippen LogP contribution in [0.1, 0.15) is 5.56 Å². The number of anilines is 1. The second-order valence-electron chi connectivity index (χ2n) is 5.61. The van der Waals surface area contributed by atoms with Crippen LogP contribution >= 0.6 is 0 Å². The molecule has 0 atom stereocenters. The fourth-order valence-corrected chi connectivity index (χ4v) is 3.60. The third-order valence-electron chi connectivity index (χ3n) is 3.61. The number of hydrogen-bond donors (Lipinski definition) is 1. The molecule has 0 spiro atoms. The Balaban J connectivity index is 1.77. The van der Waals surface area contributed by atoms with E-state index in [1.54, 1.807) is 18.2 Å². The third-order valence-corrected chi connectivity index (χ3v) is 5.13. The predicted octanol–water partition coefficient (Wildman–Crippen LogP) is 3.89. The van der Waals surface area contributed by atoms with E-state index >= 15 is 0 Å². The van der Waals surface area contributed by atoms with Crippen molar-refractivity contribution < 1.29 is 18.1 Å². The van der Waals surface area contributed by atoms with Crippen molar-refractivity contribution in [3.05, 3.63) is 82.5 Å². The maximum absolute atomic E-state index is 12.5. The van der Waals surface area contributed by atoms with Crippen LogP contribution in [0.3, 0.4) is 0 Å². The maximum atomic E-state index is 12.5. The molecule has 0 saturated carbocycles. The van der Waals surface area contributed by atoms with Crippen molar-refractivity contribution in [2.75, 3.05) is 4.72 Å². The van der Waals surface area contributed by atoms with Gasteiger partial charge in [0, 0.05) is 12.1 Å². The molecule has 0 aliphatic heterocycles. The van der Waals surface area contributed by atoms with Crippen LogP contribution in [0.15, 0.2) is 71.8 Å². The van der Waals surface area contributed by atoms with E-state index < -0.39 is 14.9 Å². The summed E-state index contributed by atoms with van der Waals surface area (Å²) in [5, 5.41) is 10.8. The van der Waals surface area contributed by atoms with Gasteiger partial charge in [0.2, 0.25) is 0 Å². The van der Waals surface area contributed by atoms with E-state index in [4.69, 9.17) is 4.74 Å². The van der Waals surface area contributed by atoms with Crippen LogP contribution in [-0.2, 0) is 10.0 Å². The first kappa shape index (κ1) is 18.3. The largest absolute Gasteiger partial charge is 0.456 e. The molecule has 1 heterocycles. The van der Waals surface area contributed by atoms with Gasteiger partial charge in [-0.1, -0.05) is 18.2 Å². The van der Waals surface area contributed by atoms with Crippen LogP contribution in [0.4, 0.5) is 11.5 Å². The highest BCUT2D eigenvalue weighted by Crippen LogP contribution is 2.24. The number of hydrogen-bond acceptors (Lipinski definition) is 6. The van der Waals surface area contributed by atoms with Crippen LogP contribution in [0.5, 0.6) is 11.5 Å². The van der Waals surface area contributed by atoms with Gasteiger partial charge < -0.3 is 4.74 Å². The predicted molar refractivity (Wildman–Crippen MR) is 99.4 cm³/mol. The second kappa shape index (κ2) is 7.42. The summed E-state index contributed by atoms with van der Waals surface area (Å²) in [6.45, 7) is 1.49. The van der Waals surface area contributed by atoms with Gasteiger partial charge in [0.15, 0.2) is 0 Å². The van der Waals surface area contributed by atoms with Crippen LogP contribution in [0.2, 0.25) is 0 Å². The van der Waals surface area contributed by atoms with Gasteiger partial charge in [-0.05, 0) is 42.8 Å². The summed E-state index contributed by atoms with van der Waals surface area (Å²) in [6.07, 6.45) is 1.40. The van der Waals surface area contributed by atoms with Crippen LogP contribution in [0, 0.1) is 17.0 Å². The molecule has 0 aliphatic rings. The number of rotatable bonds is 6. The normalized spacial score (nSPS) is 11.0. The van der Waals surface area contributed by atoms with Gasteiger partial charge in [-0.3, -0.25) is 14.8 Å². The molecule has 1 aromatic heterocycles. The zero-order valence-corrected chi connectivity index (χ0v) is 15.0. The van der Waals surface area contributed by atoms with Crippen molar-refractivity contribution in [3.8, 4) is 11.5 Å². The fraction of sp³-hybridized carbons (Fsp3) is 0.0556. The lowest BCUT2D eigenvalue weighted by atomic mass is 10.2. The van der Waals surface area contributed by atoms with Crippen molar-refractivity contribution in [2.24, 2.45) is 0 Å². The van der Waals surface area contributed by atoms with Gasteiger partial charge in [-0.15, -0.1) is 0 Å². The van der Waals surface area contributed by atoms with E-state index in [1.807, 2.05) is 18.2 Å². The Morgan fingerprint density at radius 1 is 1.04 bits per heavy atom. The molecule has 27 heavy (non-hydrogen) atoms. The minimum atomic E-state index is -3.93. The molecule has 0 bridgehead atoms. The number of aryl methyl sites for hydroxylation is 1. The standard InChI is InChI=1S/C18H15N3O5S/c1-13-11-14(21(22)23)7-9-17(13)27(24,25)20-18-10-8-16(12-19-18)26-15-5-3-2-4-6-15/h2-12H,1H3,(H,19,20). The van der Waals surface area contributed by atoms with Gasteiger partial charge in [0.25, 0.3) is 15.7 Å². The number of aromatic nitrogens is 1. The summed E-state index contributed by atoms with van der Waals surface area (Å²) in [5.74, 6) is 1.19. The average molecular weight is 385 g/mol. The maximum Gasteiger partial charge on any atom is 0.269 e. The Bertz CT molecular complexity index is 1070. The van der Waals surface area contributed by atoms with E-state index in [9.17, 15) is 18.5 Å². The minimum Gasteiger partial charge on any atom is -0.456 e. The molecule has 0 radical (unpaired) electrons. The smallest absolute Gasteiger partial charge is 0.269 e. The summed E-state index contributed by atoms with van der Waals surface area (Å²) < 4.78 is 33.0. The lowest BCUT2D eigenvalue weighted by Gasteiger charge is -2.10. The quantitative estimate of drug-likeness (QED) is 0.509. The highest BCUT2D eigenvalue weighted by molar-refractivity contribution is 7.92. The van der Waals surface area contributed by atoms with E-state index in [2.05, 4.69) is 9.71 Å². The zero-order valence-electron chi connectivity index (χ0n) is 14.2. The van der Waals surface area contributed by atoms with Crippen LogP contribution < -0.4 is 9.46 Å². The molecule has 0 amide bonds. The summed E-state index contributed by atoms with van der Waals surface area (Å²) in [5.41, 5.74) is 0.0905. The molecule has 8 nitrogen and oxygen atoms in total. The number of nitro benzene ring substituents is 1. The SMILES string of the molecule is Cc1cc([N+](=O)[O-])ccc1S(=O)(=O)Nc1ccc(Oc2ccccc2)cn1. The fourth-order valence-electron chi connectivity index (χ4n) is 2.37. The number of non-ortho nitro benzene ring substituents is 1. The van der Waals surface area contributed by atoms with Crippen molar-refractivity contribution in [1.29, 1.82) is 0 Å². The number of sulfonamides is 1. The molecule has 0 saturated heterocycles. The van der Waals surface area contributed by atoms with Crippen molar-refractivity contribution >= 4 is 21.5 Å².